The highest BCUT2D eigenvalue weighted by Crippen LogP contribution is 2.18. The predicted molar refractivity (Wildman–Crippen MR) is 69.4 cm³/mol. The molecule has 0 saturated heterocycles. The minimum Gasteiger partial charge on any atom is -0.304 e. The molecule has 0 aromatic carbocycles. The average Bonchev–Trinajstić information content (AvgIpc) is 2.67. The monoisotopic (exact) mass is 233 g/mol. The van der Waals surface area contributed by atoms with Gasteiger partial charge in [-0.15, -0.1) is 0 Å². The Morgan fingerprint density at radius 3 is 2.59 bits per heavy atom. The first-order valence-electron chi connectivity index (χ1n) is 6.31. The van der Waals surface area contributed by atoms with Crippen LogP contribution in [0.25, 0.3) is 11.2 Å². The fourth-order valence-corrected chi connectivity index (χ4v) is 2.23. The molecular weight excluding hydrogens is 214 g/mol. The van der Waals surface area contributed by atoms with Crippen LogP contribution in [0.4, 0.5) is 0 Å². The Kier molecular flexibility index (Phi) is 3.31. The molecule has 0 atom stereocenters. The Morgan fingerprint density at radius 1 is 1.29 bits per heavy atom. The summed E-state index contributed by atoms with van der Waals surface area (Å²) in [5.41, 5.74) is 2.60. The molecule has 4 nitrogen and oxygen atoms in total. The smallest absolute Gasteiger partial charge is 0.304 e. The maximum atomic E-state index is 12.0. The zero-order valence-electron chi connectivity index (χ0n) is 10.7. The molecule has 0 unspecified atom stereocenters. The number of aromatic nitrogens is 3. The number of pyridine rings is 1. The van der Waals surface area contributed by atoms with Crippen LogP contribution >= 0.6 is 0 Å². The largest absolute Gasteiger partial charge is 0.327 e. The molecule has 2 rings (SSSR count). The summed E-state index contributed by atoms with van der Waals surface area (Å²) < 4.78 is 1.80. The van der Waals surface area contributed by atoms with Gasteiger partial charge in [-0.3, -0.25) is 4.57 Å². The highest BCUT2D eigenvalue weighted by Gasteiger charge is 2.15. The third-order valence-electron chi connectivity index (χ3n) is 3.29. The zero-order chi connectivity index (χ0) is 12.4. The number of aromatic amines is 1. The molecule has 0 aliphatic heterocycles. The first-order valence-corrected chi connectivity index (χ1v) is 6.31. The molecule has 2 aromatic rings. The van der Waals surface area contributed by atoms with E-state index < -0.39 is 0 Å². The lowest BCUT2D eigenvalue weighted by Gasteiger charge is -2.13. The van der Waals surface area contributed by atoms with Gasteiger partial charge in [-0.05, 0) is 31.4 Å². The van der Waals surface area contributed by atoms with Crippen LogP contribution in [-0.4, -0.2) is 14.5 Å². The molecule has 17 heavy (non-hydrogen) atoms. The average molecular weight is 233 g/mol. The standard InChI is InChI=1S/C13H19N3O/c1-4-9-7-8-11-12(14-9)16(13(17)15-11)10(5-2)6-3/h7-8,10H,4-6H2,1-3H3,(H,15,17). The summed E-state index contributed by atoms with van der Waals surface area (Å²) in [4.78, 5) is 19.4. The van der Waals surface area contributed by atoms with Gasteiger partial charge in [0.1, 0.15) is 0 Å². The number of fused-ring (bicyclic) bond motifs is 1. The number of imidazole rings is 1. The first kappa shape index (κ1) is 11.9. The van der Waals surface area contributed by atoms with Gasteiger partial charge in [-0.25, -0.2) is 9.78 Å². The van der Waals surface area contributed by atoms with Gasteiger partial charge >= 0.3 is 5.69 Å². The second-order valence-corrected chi connectivity index (χ2v) is 4.30. The van der Waals surface area contributed by atoms with Crippen molar-refractivity contribution in [3.63, 3.8) is 0 Å². The molecule has 0 bridgehead atoms. The van der Waals surface area contributed by atoms with E-state index in [1.807, 2.05) is 12.1 Å². The van der Waals surface area contributed by atoms with Crippen LogP contribution in [0.5, 0.6) is 0 Å². The maximum Gasteiger partial charge on any atom is 0.327 e. The summed E-state index contributed by atoms with van der Waals surface area (Å²) in [5, 5.41) is 0. The Morgan fingerprint density at radius 2 is 2.00 bits per heavy atom. The number of aryl methyl sites for hydroxylation is 1. The Balaban J connectivity index is 2.67. The molecule has 0 aliphatic carbocycles. The fraction of sp³-hybridized carbons (Fsp3) is 0.538. The first-order chi connectivity index (χ1) is 8.21. The quantitative estimate of drug-likeness (QED) is 0.882. The van der Waals surface area contributed by atoms with Crippen molar-refractivity contribution in [2.45, 2.75) is 46.1 Å². The second-order valence-electron chi connectivity index (χ2n) is 4.30. The van der Waals surface area contributed by atoms with Crippen LogP contribution < -0.4 is 5.69 Å². The van der Waals surface area contributed by atoms with Gasteiger partial charge in [0.25, 0.3) is 0 Å². The number of nitrogens with one attached hydrogen (secondary N) is 1. The SMILES string of the molecule is CCc1ccc2[nH]c(=O)n(C(CC)CC)c2n1. The highest BCUT2D eigenvalue weighted by molar-refractivity contribution is 5.70. The van der Waals surface area contributed by atoms with Crippen LogP contribution in [0.3, 0.4) is 0 Å². The van der Waals surface area contributed by atoms with E-state index >= 15 is 0 Å². The molecule has 2 heterocycles. The van der Waals surface area contributed by atoms with Gasteiger partial charge in [0, 0.05) is 11.7 Å². The lowest BCUT2D eigenvalue weighted by Crippen LogP contribution is -2.21. The Hall–Kier alpha value is -1.58. The topological polar surface area (TPSA) is 50.7 Å². The van der Waals surface area contributed by atoms with Gasteiger partial charge in [-0.2, -0.15) is 0 Å². The van der Waals surface area contributed by atoms with E-state index in [9.17, 15) is 4.79 Å². The van der Waals surface area contributed by atoms with Crippen LogP contribution in [-0.2, 0) is 6.42 Å². The van der Waals surface area contributed by atoms with E-state index in [4.69, 9.17) is 0 Å². The van der Waals surface area contributed by atoms with Gasteiger partial charge in [0.15, 0.2) is 5.65 Å². The number of nitrogens with zero attached hydrogens (tertiary/aromatic N) is 2. The molecule has 0 aliphatic rings. The van der Waals surface area contributed by atoms with Crippen molar-refractivity contribution in [1.82, 2.24) is 14.5 Å². The normalized spacial score (nSPS) is 11.5. The van der Waals surface area contributed by atoms with E-state index in [2.05, 4.69) is 30.7 Å². The highest BCUT2D eigenvalue weighted by atomic mass is 16.1. The zero-order valence-corrected chi connectivity index (χ0v) is 10.7. The molecule has 0 radical (unpaired) electrons. The van der Waals surface area contributed by atoms with E-state index in [0.29, 0.717) is 0 Å². The molecule has 0 spiro atoms. The van der Waals surface area contributed by atoms with Crippen molar-refractivity contribution in [1.29, 1.82) is 0 Å². The minimum atomic E-state index is -0.0468. The minimum absolute atomic E-state index is 0.0468. The summed E-state index contributed by atoms with van der Waals surface area (Å²) in [6.07, 6.45) is 2.78. The summed E-state index contributed by atoms with van der Waals surface area (Å²) in [7, 11) is 0. The van der Waals surface area contributed by atoms with Crippen LogP contribution in [0.15, 0.2) is 16.9 Å². The fourth-order valence-electron chi connectivity index (χ4n) is 2.23. The molecule has 0 amide bonds. The molecule has 4 heteroatoms. The third-order valence-corrected chi connectivity index (χ3v) is 3.29. The van der Waals surface area contributed by atoms with E-state index in [0.717, 1.165) is 36.1 Å². The summed E-state index contributed by atoms with van der Waals surface area (Å²) in [6.45, 7) is 6.27. The second kappa shape index (κ2) is 4.73. The van der Waals surface area contributed by atoms with Crippen molar-refractivity contribution < 1.29 is 0 Å². The van der Waals surface area contributed by atoms with Gasteiger partial charge in [0.2, 0.25) is 0 Å². The van der Waals surface area contributed by atoms with E-state index in [-0.39, 0.29) is 11.7 Å². The van der Waals surface area contributed by atoms with Gasteiger partial charge < -0.3 is 4.98 Å². The molecule has 2 aromatic heterocycles. The van der Waals surface area contributed by atoms with Crippen LogP contribution in [0.2, 0.25) is 0 Å². The molecular formula is C13H19N3O. The third kappa shape index (κ3) is 1.99. The van der Waals surface area contributed by atoms with Gasteiger partial charge in [-0.1, -0.05) is 20.8 Å². The van der Waals surface area contributed by atoms with Crippen molar-refractivity contribution >= 4 is 11.2 Å². The van der Waals surface area contributed by atoms with Crippen LogP contribution in [0.1, 0.15) is 45.3 Å². The summed E-state index contributed by atoms with van der Waals surface area (Å²) in [5.74, 6) is 0. The van der Waals surface area contributed by atoms with E-state index in [1.165, 1.54) is 0 Å². The van der Waals surface area contributed by atoms with Crippen molar-refractivity contribution in [3.8, 4) is 0 Å². The van der Waals surface area contributed by atoms with Crippen LogP contribution in [0, 0.1) is 0 Å². The lowest BCUT2D eigenvalue weighted by atomic mass is 10.2. The Bertz CT molecular complexity index is 564. The van der Waals surface area contributed by atoms with Crippen molar-refractivity contribution in [2.24, 2.45) is 0 Å². The molecule has 0 saturated carbocycles. The number of H-pyrrole nitrogens is 1. The molecule has 0 fully saturated rings. The summed E-state index contributed by atoms with van der Waals surface area (Å²) in [6, 6.07) is 4.15. The van der Waals surface area contributed by atoms with Gasteiger partial charge in [0.05, 0.1) is 5.52 Å². The van der Waals surface area contributed by atoms with Crippen molar-refractivity contribution in [3.05, 3.63) is 28.3 Å². The predicted octanol–water partition coefficient (Wildman–Crippen LogP) is 2.65. The van der Waals surface area contributed by atoms with Crippen molar-refractivity contribution in [2.75, 3.05) is 0 Å². The summed E-state index contributed by atoms with van der Waals surface area (Å²) >= 11 is 0. The van der Waals surface area contributed by atoms with E-state index in [1.54, 1.807) is 4.57 Å². The number of rotatable bonds is 4. The lowest BCUT2D eigenvalue weighted by molar-refractivity contribution is 0.469. The number of hydrogen-bond donors (Lipinski definition) is 1. The molecule has 92 valence electrons. The number of hydrogen-bond acceptors (Lipinski definition) is 2. The maximum absolute atomic E-state index is 12.0. The Labute approximate surface area is 101 Å². The molecule has 1 N–H and O–H groups in total.